The summed E-state index contributed by atoms with van der Waals surface area (Å²) in [5, 5.41) is 17.6. The highest BCUT2D eigenvalue weighted by molar-refractivity contribution is 7.99. The summed E-state index contributed by atoms with van der Waals surface area (Å²) in [5.74, 6) is -0.547. The molecule has 21 heavy (non-hydrogen) atoms. The maximum Gasteiger partial charge on any atom is 0.340 e. The van der Waals surface area contributed by atoms with Crippen LogP contribution in [-0.2, 0) is 4.74 Å². The molecular weight excluding hydrogens is 284 g/mol. The van der Waals surface area contributed by atoms with E-state index in [1.54, 1.807) is 42.5 Å². The summed E-state index contributed by atoms with van der Waals surface area (Å²) in [6, 6.07) is 18.0. The largest absolute Gasteiger partial charge is 0.447 e. The zero-order chi connectivity index (χ0) is 15.1. The Morgan fingerprint density at radius 3 is 2.43 bits per heavy atom. The monoisotopic (exact) mass is 294 g/mol. The Labute approximate surface area is 126 Å². The number of hydrogen-bond donors (Lipinski definition) is 0. The molecule has 0 aromatic heterocycles. The molecule has 2 rings (SSSR count). The van der Waals surface area contributed by atoms with Gasteiger partial charge >= 0.3 is 5.97 Å². The molecule has 0 N–H and O–H groups in total. The summed E-state index contributed by atoms with van der Waals surface area (Å²) in [6.07, 6.45) is 0. The third kappa shape index (κ3) is 3.62. The maximum atomic E-state index is 11.9. The first kappa shape index (κ1) is 14.6. The van der Waals surface area contributed by atoms with Crippen molar-refractivity contribution in [3.8, 4) is 12.1 Å². The molecule has 0 saturated carbocycles. The van der Waals surface area contributed by atoms with E-state index in [1.807, 2.05) is 12.1 Å². The van der Waals surface area contributed by atoms with Gasteiger partial charge in [-0.1, -0.05) is 36.0 Å². The number of nitriles is 2. The topological polar surface area (TPSA) is 73.9 Å². The summed E-state index contributed by atoms with van der Waals surface area (Å²) in [5.41, 5.74) is 0.924. The lowest BCUT2D eigenvalue weighted by atomic mass is 10.2. The van der Waals surface area contributed by atoms with E-state index < -0.39 is 5.97 Å². The predicted molar refractivity (Wildman–Crippen MR) is 77.6 cm³/mol. The van der Waals surface area contributed by atoms with E-state index in [1.165, 1.54) is 11.8 Å². The lowest BCUT2D eigenvalue weighted by molar-refractivity contribution is 0.0551. The van der Waals surface area contributed by atoms with Gasteiger partial charge in [-0.2, -0.15) is 10.5 Å². The zero-order valence-electron chi connectivity index (χ0n) is 10.9. The average molecular weight is 294 g/mol. The molecule has 5 heteroatoms. The van der Waals surface area contributed by atoms with Crippen molar-refractivity contribution in [2.24, 2.45) is 0 Å². The molecule has 0 unspecified atom stereocenters. The zero-order valence-corrected chi connectivity index (χ0v) is 11.8. The van der Waals surface area contributed by atoms with Gasteiger partial charge in [-0.3, -0.25) is 0 Å². The van der Waals surface area contributed by atoms with E-state index in [-0.39, 0.29) is 6.61 Å². The van der Waals surface area contributed by atoms with E-state index in [4.69, 9.17) is 15.3 Å². The normalized spacial score (nSPS) is 9.43. The SMILES string of the molecule is N#CCOC(=O)c1ccccc1Sc1ccccc1C#N. The lowest BCUT2D eigenvalue weighted by Gasteiger charge is -2.08. The van der Waals surface area contributed by atoms with Gasteiger partial charge in [0.05, 0.1) is 11.1 Å². The fourth-order valence-corrected chi connectivity index (χ4v) is 2.68. The molecule has 2 aromatic rings. The molecule has 0 aliphatic heterocycles. The molecular formula is C16H10N2O2S. The van der Waals surface area contributed by atoms with Gasteiger partial charge < -0.3 is 4.74 Å². The average Bonchev–Trinajstić information content (AvgIpc) is 2.53. The van der Waals surface area contributed by atoms with Crippen molar-refractivity contribution in [3.63, 3.8) is 0 Å². The summed E-state index contributed by atoms with van der Waals surface area (Å²) in [4.78, 5) is 13.4. The van der Waals surface area contributed by atoms with Gasteiger partial charge in [-0.15, -0.1) is 0 Å². The number of esters is 1. The van der Waals surface area contributed by atoms with Crippen LogP contribution in [0, 0.1) is 22.7 Å². The Kier molecular flexibility index (Phi) is 4.98. The van der Waals surface area contributed by atoms with Crippen LogP contribution < -0.4 is 0 Å². The first-order valence-electron chi connectivity index (χ1n) is 6.06. The van der Waals surface area contributed by atoms with Crippen molar-refractivity contribution in [3.05, 3.63) is 59.7 Å². The van der Waals surface area contributed by atoms with E-state index >= 15 is 0 Å². The standard InChI is InChI=1S/C16H10N2O2S/c17-9-10-20-16(19)13-6-2-4-8-15(13)21-14-7-3-1-5-12(14)11-18/h1-8H,10H2. The summed E-state index contributed by atoms with van der Waals surface area (Å²) in [7, 11) is 0. The summed E-state index contributed by atoms with van der Waals surface area (Å²) in [6.45, 7) is -0.285. The van der Waals surface area contributed by atoms with E-state index in [0.29, 0.717) is 16.0 Å². The second-order valence-corrected chi connectivity index (χ2v) is 5.02. The van der Waals surface area contributed by atoms with Gasteiger partial charge in [0.1, 0.15) is 12.1 Å². The highest BCUT2D eigenvalue weighted by Crippen LogP contribution is 2.32. The number of carbonyl (C=O) groups excluding carboxylic acids is 1. The van der Waals surface area contributed by atoms with Gasteiger partial charge in [0.15, 0.2) is 6.61 Å². The van der Waals surface area contributed by atoms with Crippen LogP contribution in [0.5, 0.6) is 0 Å². The molecule has 4 nitrogen and oxygen atoms in total. The molecule has 0 aliphatic carbocycles. The number of carbonyl (C=O) groups is 1. The molecule has 0 fully saturated rings. The van der Waals surface area contributed by atoms with Crippen LogP contribution in [-0.4, -0.2) is 12.6 Å². The number of rotatable bonds is 4. The van der Waals surface area contributed by atoms with Crippen molar-refractivity contribution in [1.29, 1.82) is 10.5 Å². The molecule has 0 aliphatic rings. The minimum absolute atomic E-state index is 0.285. The Bertz CT molecular complexity index is 744. The molecule has 0 atom stereocenters. The van der Waals surface area contributed by atoms with Crippen LogP contribution in [0.15, 0.2) is 58.3 Å². The molecule has 0 spiro atoms. The predicted octanol–water partition coefficient (Wildman–Crippen LogP) is 3.39. The Balaban J connectivity index is 2.31. The molecule has 0 saturated heterocycles. The van der Waals surface area contributed by atoms with Crippen LogP contribution >= 0.6 is 11.8 Å². The second-order valence-electron chi connectivity index (χ2n) is 3.94. The van der Waals surface area contributed by atoms with E-state index in [9.17, 15) is 4.79 Å². The quantitative estimate of drug-likeness (QED) is 0.808. The minimum atomic E-state index is -0.547. The first-order chi connectivity index (χ1) is 10.3. The second kappa shape index (κ2) is 7.14. The third-order valence-electron chi connectivity index (χ3n) is 2.60. The van der Waals surface area contributed by atoms with E-state index in [0.717, 1.165) is 4.90 Å². The molecule has 0 heterocycles. The van der Waals surface area contributed by atoms with Crippen molar-refractivity contribution in [2.75, 3.05) is 6.61 Å². The number of ether oxygens (including phenoxy) is 1. The van der Waals surface area contributed by atoms with E-state index in [2.05, 4.69) is 6.07 Å². The minimum Gasteiger partial charge on any atom is -0.447 e. The summed E-state index contributed by atoms with van der Waals surface area (Å²) < 4.78 is 4.83. The molecule has 2 aromatic carbocycles. The number of benzene rings is 2. The van der Waals surface area contributed by atoms with Crippen LogP contribution in [0.4, 0.5) is 0 Å². The molecule has 0 amide bonds. The Morgan fingerprint density at radius 1 is 1.05 bits per heavy atom. The van der Waals surface area contributed by atoms with Gasteiger partial charge in [0, 0.05) is 9.79 Å². The van der Waals surface area contributed by atoms with Crippen LogP contribution in [0.25, 0.3) is 0 Å². The lowest BCUT2D eigenvalue weighted by Crippen LogP contribution is -2.06. The van der Waals surface area contributed by atoms with Gasteiger partial charge in [-0.05, 0) is 24.3 Å². The van der Waals surface area contributed by atoms with Crippen molar-refractivity contribution in [1.82, 2.24) is 0 Å². The van der Waals surface area contributed by atoms with Crippen LogP contribution in [0.1, 0.15) is 15.9 Å². The van der Waals surface area contributed by atoms with Crippen molar-refractivity contribution >= 4 is 17.7 Å². The number of hydrogen-bond acceptors (Lipinski definition) is 5. The third-order valence-corrected chi connectivity index (χ3v) is 3.75. The molecule has 0 radical (unpaired) electrons. The van der Waals surface area contributed by atoms with Gasteiger partial charge in [0.2, 0.25) is 0 Å². The smallest absolute Gasteiger partial charge is 0.340 e. The van der Waals surface area contributed by atoms with Gasteiger partial charge in [-0.25, -0.2) is 4.79 Å². The van der Waals surface area contributed by atoms with Crippen molar-refractivity contribution in [2.45, 2.75) is 9.79 Å². The fourth-order valence-electron chi connectivity index (χ4n) is 1.67. The molecule has 102 valence electrons. The fraction of sp³-hybridized carbons (Fsp3) is 0.0625. The number of nitrogens with zero attached hydrogens (tertiary/aromatic N) is 2. The Morgan fingerprint density at radius 2 is 1.71 bits per heavy atom. The van der Waals surface area contributed by atoms with Gasteiger partial charge in [0.25, 0.3) is 0 Å². The maximum absolute atomic E-state index is 11.9. The molecule has 0 bridgehead atoms. The highest BCUT2D eigenvalue weighted by atomic mass is 32.2. The Hall–Kier alpha value is -2.76. The highest BCUT2D eigenvalue weighted by Gasteiger charge is 2.14. The van der Waals surface area contributed by atoms with Crippen LogP contribution in [0.3, 0.4) is 0 Å². The van der Waals surface area contributed by atoms with Crippen molar-refractivity contribution < 1.29 is 9.53 Å². The summed E-state index contributed by atoms with van der Waals surface area (Å²) >= 11 is 1.32. The van der Waals surface area contributed by atoms with Crippen LogP contribution in [0.2, 0.25) is 0 Å². The first-order valence-corrected chi connectivity index (χ1v) is 6.88.